The lowest BCUT2D eigenvalue weighted by Crippen LogP contribution is -2.35. The first kappa shape index (κ1) is 22.2. The van der Waals surface area contributed by atoms with Gasteiger partial charge in [0.15, 0.2) is 0 Å². The number of fused-ring (bicyclic) bond motifs is 1. The molecule has 0 fully saturated rings. The molecule has 0 aliphatic carbocycles. The van der Waals surface area contributed by atoms with Gasteiger partial charge in [-0.2, -0.15) is 0 Å². The third-order valence-electron chi connectivity index (χ3n) is 4.82. The van der Waals surface area contributed by atoms with Crippen molar-refractivity contribution < 1.29 is 19.1 Å². The summed E-state index contributed by atoms with van der Waals surface area (Å²) in [6.45, 7) is 2.88. The minimum Gasteiger partial charge on any atom is -0.453 e. The minimum absolute atomic E-state index is 0.136. The van der Waals surface area contributed by atoms with Gasteiger partial charge in [-0.3, -0.25) is 9.59 Å². The zero-order chi connectivity index (χ0) is 21.7. The minimum atomic E-state index is -0.394. The normalized spacial score (nSPS) is 12.8. The summed E-state index contributed by atoms with van der Waals surface area (Å²) in [4.78, 5) is 40.5. The Morgan fingerprint density at radius 1 is 1.23 bits per heavy atom. The lowest BCUT2D eigenvalue weighted by Gasteiger charge is -2.25. The van der Waals surface area contributed by atoms with Gasteiger partial charge in [0, 0.05) is 35.5 Å². The van der Waals surface area contributed by atoms with Crippen LogP contribution in [0.3, 0.4) is 0 Å². The van der Waals surface area contributed by atoms with Crippen molar-refractivity contribution >= 4 is 46.0 Å². The molecule has 0 saturated heterocycles. The molecule has 1 aromatic heterocycles. The number of benzene rings is 1. The van der Waals surface area contributed by atoms with Crippen LogP contribution in [0.15, 0.2) is 29.2 Å². The number of hydrogen-bond acceptors (Lipinski definition) is 6. The van der Waals surface area contributed by atoms with E-state index in [1.807, 2.05) is 31.2 Å². The molecule has 160 valence electrons. The van der Waals surface area contributed by atoms with Crippen LogP contribution in [0.5, 0.6) is 0 Å². The monoisotopic (exact) mass is 447 g/mol. The van der Waals surface area contributed by atoms with Crippen LogP contribution >= 0.6 is 23.1 Å². The van der Waals surface area contributed by atoms with Gasteiger partial charge in [0.25, 0.3) is 5.91 Å². The smallest absolute Gasteiger partial charge is 0.409 e. The van der Waals surface area contributed by atoms with E-state index < -0.39 is 6.09 Å². The molecule has 7 nitrogen and oxygen atoms in total. The molecule has 3 amide bonds. The molecular weight excluding hydrogens is 422 g/mol. The van der Waals surface area contributed by atoms with Crippen LogP contribution < -0.4 is 10.6 Å². The van der Waals surface area contributed by atoms with Gasteiger partial charge in [0.05, 0.1) is 19.2 Å². The summed E-state index contributed by atoms with van der Waals surface area (Å²) in [5, 5.41) is 6.10. The van der Waals surface area contributed by atoms with Gasteiger partial charge < -0.3 is 20.3 Å². The van der Waals surface area contributed by atoms with Crippen LogP contribution in [0.25, 0.3) is 0 Å². The van der Waals surface area contributed by atoms with E-state index in [-0.39, 0.29) is 11.8 Å². The molecule has 2 aromatic rings. The Balaban J connectivity index is 1.68. The van der Waals surface area contributed by atoms with Crippen LogP contribution in [-0.4, -0.2) is 49.3 Å². The number of methoxy groups -OCH3 is 1. The molecule has 1 aliphatic rings. The van der Waals surface area contributed by atoms with Crippen molar-refractivity contribution in [3.8, 4) is 0 Å². The van der Waals surface area contributed by atoms with Crippen molar-refractivity contribution in [1.29, 1.82) is 0 Å². The summed E-state index contributed by atoms with van der Waals surface area (Å²) in [6, 6.07) is 8.18. The molecule has 3 rings (SSSR count). The summed E-state index contributed by atoms with van der Waals surface area (Å²) in [6.07, 6.45) is 0.486. The summed E-state index contributed by atoms with van der Waals surface area (Å²) >= 11 is 2.97. The van der Waals surface area contributed by atoms with Gasteiger partial charge >= 0.3 is 6.09 Å². The van der Waals surface area contributed by atoms with E-state index in [0.717, 1.165) is 15.3 Å². The quantitative estimate of drug-likeness (QED) is 0.660. The standard InChI is InChI=1S/C21H25N3O4S2/c1-13-4-6-14(7-5-13)29-11-9-17(25)23-20-18(19(26)22-2)15-8-10-24(21(27)28-3)12-16(15)30-20/h4-7H,8-12H2,1-3H3,(H,22,26)(H,23,25). The largest absolute Gasteiger partial charge is 0.453 e. The van der Waals surface area contributed by atoms with Gasteiger partial charge in [0.2, 0.25) is 5.91 Å². The molecule has 1 aliphatic heterocycles. The van der Waals surface area contributed by atoms with Crippen molar-refractivity contribution in [2.75, 3.05) is 31.8 Å². The SMILES string of the molecule is CNC(=O)c1c(NC(=O)CCSc2ccc(C)cc2)sc2c1CCN(C(=O)OC)C2. The van der Waals surface area contributed by atoms with Crippen LogP contribution in [0.2, 0.25) is 0 Å². The highest BCUT2D eigenvalue weighted by Gasteiger charge is 2.30. The van der Waals surface area contributed by atoms with E-state index in [4.69, 9.17) is 4.74 Å². The van der Waals surface area contributed by atoms with Gasteiger partial charge in [-0.1, -0.05) is 17.7 Å². The van der Waals surface area contributed by atoms with E-state index >= 15 is 0 Å². The number of carbonyl (C=O) groups is 3. The fourth-order valence-corrected chi connectivity index (χ4v) is 5.36. The Kier molecular flexibility index (Phi) is 7.38. The van der Waals surface area contributed by atoms with Gasteiger partial charge in [-0.15, -0.1) is 23.1 Å². The maximum atomic E-state index is 12.5. The number of thioether (sulfide) groups is 1. The Morgan fingerprint density at radius 2 is 1.97 bits per heavy atom. The van der Waals surface area contributed by atoms with E-state index in [9.17, 15) is 14.4 Å². The first-order valence-electron chi connectivity index (χ1n) is 9.61. The lowest BCUT2D eigenvalue weighted by molar-refractivity contribution is -0.115. The lowest BCUT2D eigenvalue weighted by atomic mass is 10.0. The highest BCUT2D eigenvalue weighted by atomic mass is 32.2. The van der Waals surface area contributed by atoms with Crippen molar-refractivity contribution in [3.05, 3.63) is 45.8 Å². The maximum Gasteiger partial charge on any atom is 0.409 e. The predicted octanol–water partition coefficient (Wildman–Crippen LogP) is 3.66. The number of ether oxygens (including phenoxy) is 1. The second kappa shape index (κ2) is 9.99. The Labute approximate surface area is 184 Å². The first-order valence-corrected chi connectivity index (χ1v) is 11.4. The Morgan fingerprint density at radius 3 is 2.63 bits per heavy atom. The summed E-state index contributed by atoms with van der Waals surface area (Å²) < 4.78 is 4.80. The second-order valence-corrected chi connectivity index (χ2v) is 9.16. The highest BCUT2D eigenvalue weighted by Crippen LogP contribution is 2.37. The molecule has 0 unspecified atom stereocenters. The molecular formula is C21H25N3O4S2. The van der Waals surface area contributed by atoms with Crippen LogP contribution in [-0.2, 0) is 22.5 Å². The number of nitrogens with zero attached hydrogens (tertiary/aromatic N) is 1. The number of aryl methyl sites for hydroxylation is 1. The van der Waals surface area contributed by atoms with Crippen LogP contribution in [0.4, 0.5) is 9.80 Å². The summed E-state index contributed by atoms with van der Waals surface area (Å²) in [7, 11) is 2.92. The van der Waals surface area contributed by atoms with Gasteiger partial charge in [-0.05, 0) is 31.0 Å². The number of amides is 3. The van der Waals surface area contributed by atoms with E-state index in [1.165, 1.54) is 24.0 Å². The molecule has 0 atom stereocenters. The molecule has 1 aromatic carbocycles. The van der Waals surface area contributed by atoms with E-state index in [0.29, 0.717) is 42.2 Å². The second-order valence-electron chi connectivity index (χ2n) is 6.89. The van der Waals surface area contributed by atoms with E-state index in [1.54, 1.807) is 23.7 Å². The number of anilines is 1. The average Bonchev–Trinajstić information content (AvgIpc) is 3.10. The maximum absolute atomic E-state index is 12.5. The van der Waals surface area contributed by atoms with Gasteiger partial charge in [-0.25, -0.2) is 4.79 Å². The van der Waals surface area contributed by atoms with Crippen molar-refractivity contribution in [3.63, 3.8) is 0 Å². The number of hydrogen-bond donors (Lipinski definition) is 2. The fourth-order valence-electron chi connectivity index (χ4n) is 3.23. The van der Waals surface area contributed by atoms with Crippen molar-refractivity contribution in [2.24, 2.45) is 0 Å². The van der Waals surface area contributed by atoms with E-state index in [2.05, 4.69) is 10.6 Å². The third-order valence-corrected chi connectivity index (χ3v) is 6.96. The number of thiophene rings is 1. The third kappa shape index (κ3) is 5.14. The van der Waals surface area contributed by atoms with Gasteiger partial charge in [0.1, 0.15) is 5.00 Å². The summed E-state index contributed by atoms with van der Waals surface area (Å²) in [5.74, 6) is 0.275. The average molecular weight is 448 g/mol. The molecule has 0 bridgehead atoms. The van der Waals surface area contributed by atoms with Crippen LogP contribution in [0, 0.1) is 6.92 Å². The zero-order valence-corrected chi connectivity index (χ0v) is 18.9. The zero-order valence-electron chi connectivity index (χ0n) is 17.2. The number of rotatable bonds is 6. The molecule has 2 N–H and O–H groups in total. The number of nitrogens with one attached hydrogen (secondary N) is 2. The molecule has 0 spiro atoms. The molecule has 0 saturated carbocycles. The Bertz CT molecular complexity index is 940. The molecule has 2 heterocycles. The molecule has 9 heteroatoms. The topological polar surface area (TPSA) is 87.7 Å². The highest BCUT2D eigenvalue weighted by molar-refractivity contribution is 7.99. The van der Waals surface area contributed by atoms with Crippen molar-refractivity contribution in [1.82, 2.24) is 10.2 Å². The Hall–Kier alpha value is -2.52. The fraction of sp³-hybridized carbons (Fsp3) is 0.381. The summed E-state index contributed by atoms with van der Waals surface area (Å²) in [5.41, 5.74) is 2.59. The molecule has 30 heavy (non-hydrogen) atoms. The predicted molar refractivity (Wildman–Crippen MR) is 119 cm³/mol. The first-order chi connectivity index (χ1) is 14.4. The molecule has 0 radical (unpaired) electrons. The van der Waals surface area contributed by atoms with Crippen molar-refractivity contribution in [2.45, 2.75) is 31.2 Å². The van der Waals surface area contributed by atoms with Crippen LogP contribution in [0.1, 0.15) is 32.8 Å². The number of carbonyl (C=O) groups excluding carboxylic acids is 3.